The van der Waals surface area contributed by atoms with E-state index in [1.807, 2.05) is 0 Å². The van der Waals surface area contributed by atoms with Crippen LogP contribution in [0.1, 0.15) is 12.8 Å². The molecule has 3 nitrogen and oxygen atoms in total. The Hall–Kier alpha value is -0.840. The molecule has 2 atom stereocenters. The van der Waals surface area contributed by atoms with Gasteiger partial charge < -0.3 is 15.8 Å². The quantitative estimate of drug-likeness (QED) is 0.886. The third-order valence-corrected chi connectivity index (χ3v) is 3.62. The molecule has 0 amide bonds. The van der Waals surface area contributed by atoms with Crippen molar-refractivity contribution in [1.29, 1.82) is 0 Å². The summed E-state index contributed by atoms with van der Waals surface area (Å²) in [5, 5.41) is 3.74. The molecule has 1 fully saturated rings. The van der Waals surface area contributed by atoms with Crippen molar-refractivity contribution in [2.75, 3.05) is 25.1 Å². The molecule has 3 N–H and O–H groups in total. The number of nitrogens with one attached hydrogen (secondary N) is 1. The van der Waals surface area contributed by atoms with E-state index in [1.165, 1.54) is 12.1 Å². The highest BCUT2D eigenvalue weighted by atomic mass is 35.5. The van der Waals surface area contributed by atoms with Crippen molar-refractivity contribution in [1.82, 2.24) is 0 Å². The lowest BCUT2D eigenvalue weighted by atomic mass is 9.93. The smallest absolute Gasteiger partial charge is 0.125 e. The predicted octanol–water partition coefficient (Wildman–Crippen LogP) is 2.64. The van der Waals surface area contributed by atoms with Crippen LogP contribution in [0.25, 0.3) is 0 Å². The molecule has 1 aliphatic rings. The molecule has 5 heteroatoms. The maximum Gasteiger partial charge on any atom is 0.125 e. The van der Waals surface area contributed by atoms with Gasteiger partial charge in [-0.15, -0.1) is 0 Å². The molecule has 1 aromatic rings. The molecule has 2 unspecified atom stereocenters. The molecule has 0 radical (unpaired) electrons. The summed E-state index contributed by atoms with van der Waals surface area (Å²) in [5.41, 5.74) is 6.38. The lowest BCUT2D eigenvalue weighted by Crippen LogP contribution is -2.40. The Morgan fingerprint density at radius 1 is 1.56 bits per heavy atom. The van der Waals surface area contributed by atoms with Gasteiger partial charge in [0, 0.05) is 25.1 Å². The zero-order valence-electron chi connectivity index (χ0n) is 10.2. The standard InChI is InChI=1S/C13H18ClFN2O/c14-11-4-3-10(15)6-12(11)17-13(7-16)9-2-1-5-18-8-9/h3-4,6,9,13,17H,1-2,5,7-8,16H2. The Morgan fingerprint density at radius 3 is 3.06 bits per heavy atom. The summed E-state index contributed by atoms with van der Waals surface area (Å²) >= 11 is 6.03. The van der Waals surface area contributed by atoms with Crippen molar-refractivity contribution >= 4 is 17.3 Å². The summed E-state index contributed by atoms with van der Waals surface area (Å²) in [5.74, 6) is 0.0423. The summed E-state index contributed by atoms with van der Waals surface area (Å²) < 4.78 is 18.6. The minimum Gasteiger partial charge on any atom is -0.381 e. The van der Waals surface area contributed by atoms with E-state index in [-0.39, 0.29) is 11.9 Å². The zero-order valence-corrected chi connectivity index (χ0v) is 10.9. The van der Waals surface area contributed by atoms with Gasteiger partial charge in [-0.3, -0.25) is 0 Å². The van der Waals surface area contributed by atoms with Crippen LogP contribution in [0.3, 0.4) is 0 Å². The number of nitrogens with two attached hydrogens (primary N) is 1. The van der Waals surface area contributed by atoms with Gasteiger partial charge in [-0.25, -0.2) is 4.39 Å². The van der Waals surface area contributed by atoms with Crippen LogP contribution in [-0.2, 0) is 4.74 Å². The van der Waals surface area contributed by atoms with Gasteiger partial charge in [0.05, 0.1) is 17.3 Å². The fourth-order valence-corrected chi connectivity index (χ4v) is 2.43. The highest BCUT2D eigenvalue weighted by Gasteiger charge is 2.23. The lowest BCUT2D eigenvalue weighted by Gasteiger charge is -2.31. The molecular formula is C13H18ClFN2O. The Bertz CT molecular complexity index is 397. The highest BCUT2D eigenvalue weighted by Crippen LogP contribution is 2.26. The van der Waals surface area contributed by atoms with Crippen LogP contribution in [0.4, 0.5) is 10.1 Å². The second-order valence-corrected chi connectivity index (χ2v) is 5.00. The maximum absolute atomic E-state index is 13.2. The highest BCUT2D eigenvalue weighted by molar-refractivity contribution is 6.33. The zero-order chi connectivity index (χ0) is 13.0. The first-order valence-electron chi connectivity index (χ1n) is 6.20. The lowest BCUT2D eigenvalue weighted by molar-refractivity contribution is 0.0485. The maximum atomic E-state index is 13.2. The summed E-state index contributed by atoms with van der Waals surface area (Å²) in [4.78, 5) is 0. The van der Waals surface area contributed by atoms with Gasteiger partial charge >= 0.3 is 0 Å². The second-order valence-electron chi connectivity index (χ2n) is 4.59. The van der Waals surface area contributed by atoms with Crippen LogP contribution in [0, 0.1) is 11.7 Å². The van der Waals surface area contributed by atoms with Crippen molar-refractivity contribution in [3.05, 3.63) is 29.0 Å². The molecule has 0 saturated carbocycles. The number of hydrogen-bond donors (Lipinski definition) is 2. The van der Waals surface area contributed by atoms with Gasteiger partial charge in [-0.2, -0.15) is 0 Å². The van der Waals surface area contributed by atoms with Crippen LogP contribution in [-0.4, -0.2) is 25.8 Å². The SMILES string of the molecule is NCC(Nc1cc(F)ccc1Cl)C1CCCOC1. The number of halogens is 2. The number of ether oxygens (including phenoxy) is 1. The molecule has 0 aliphatic carbocycles. The van der Waals surface area contributed by atoms with E-state index in [4.69, 9.17) is 22.1 Å². The van der Waals surface area contributed by atoms with Crippen molar-refractivity contribution in [2.45, 2.75) is 18.9 Å². The van der Waals surface area contributed by atoms with E-state index >= 15 is 0 Å². The molecule has 2 rings (SSSR count). The molecule has 100 valence electrons. The average Bonchev–Trinajstić information content (AvgIpc) is 2.41. The van der Waals surface area contributed by atoms with Crippen LogP contribution < -0.4 is 11.1 Å². The molecule has 0 bridgehead atoms. The van der Waals surface area contributed by atoms with E-state index in [1.54, 1.807) is 6.07 Å². The first-order chi connectivity index (χ1) is 8.70. The van der Waals surface area contributed by atoms with Crippen LogP contribution in [0.5, 0.6) is 0 Å². The van der Waals surface area contributed by atoms with E-state index < -0.39 is 0 Å². The van der Waals surface area contributed by atoms with Gasteiger partial charge in [0.1, 0.15) is 5.82 Å². The third kappa shape index (κ3) is 3.34. The normalized spacial score (nSPS) is 21.6. The van der Waals surface area contributed by atoms with E-state index in [9.17, 15) is 4.39 Å². The van der Waals surface area contributed by atoms with E-state index in [2.05, 4.69) is 5.32 Å². The summed E-state index contributed by atoms with van der Waals surface area (Å²) in [6.45, 7) is 1.98. The molecular weight excluding hydrogens is 255 g/mol. The first kappa shape index (κ1) is 13.6. The van der Waals surface area contributed by atoms with E-state index in [0.29, 0.717) is 29.8 Å². The topological polar surface area (TPSA) is 47.3 Å². The molecule has 1 aromatic carbocycles. The van der Waals surface area contributed by atoms with Crippen LogP contribution in [0.15, 0.2) is 18.2 Å². The van der Waals surface area contributed by atoms with Gasteiger partial charge in [0.25, 0.3) is 0 Å². The average molecular weight is 273 g/mol. The van der Waals surface area contributed by atoms with Gasteiger partial charge in [0.2, 0.25) is 0 Å². The summed E-state index contributed by atoms with van der Waals surface area (Å²) in [7, 11) is 0. The monoisotopic (exact) mass is 272 g/mol. The van der Waals surface area contributed by atoms with Crippen LogP contribution in [0.2, 0.25) is 5.02 Å². The Labute approximate surface area is 111 Å². The summed E-state index contributed by atoms with van der Waals surface area (Å²) in [6.07, 6.45) is 2.11. The van der Waals surface area contributed by atoms with Gasteiger partial charge in [-0.05, 0) is 31.0 Å². The Kier molecular flexibility index (Phi) is 4.80. The third-order valence-electron chi connectivity index (χ3n) is 3.29. The summed E-state index contributed by atoms with van der Waals surface area (Å²) in [6, 6.07) is 4.35. The van der Waals surface area contributed by atoms with Crippen molar-refractivity contribution in [3.8, 4) is 0 Å². The van der Waals surface area contributed by atoms with Crippen molar-refractivity contribution in [3.63, 3.8) is 0 Å². The van der Waals surface area contributed by atoms with Gasteiger partial charge in [0.15, 0.2) is 0 Å². The largest absolute Gasteiger partial charge is 0.381 e. The molecule has 18 heavy (non-hydrogen) atoms. The van der Waals surface area contributed by atoms with Gasteiger partial charge in [-0.1, -0.05) is 11.6 Å². The number of hydrogen-bond acceptors (Lipinski definition) is 3. The molecule has 0 aromatic heterocycles. The second kappa shape index (κ2) is 6.36. The number of benzene rings is 1. The molecule has 1 saturated heterocycles. The fourth-order valence-electron chi connectivity index (χ4n) is 2.26. The molecule has 1 heterocycles. The molecule has 0 spiro atoms. The predicted molar refractivity (Wildman–Crippen MR) is 71.4 cm³/mol. The number of anilines is 1. The minimum absolute atomic E-state index is 0.0598. The Morgan fingerprint density at radius 2 is 2.39 bits per heavy atom. The van der Waals surface area contributed by atoms with Crippen LogP contribution >= 0.6 is 11.6 Å². The van der Waals surface area contributed by atoms with E-state index in [0.717, 1.165) is 19.4 Å². The Balaban J connectivity index is 2.06. The van der Waals surface area contributed by atoms with Crippen molar-refractivity contribution in [2.24, 2.45) is 11.7 Å². The fraction of sp³-hybridized carbons (Fsp3) is 0.538. The molecule has 1 aliphatic heterocycles. The van der Waals surface area contributed by atoms with Crippen molar-refractivity contribution < 1.29 is 9.13 Å². The minimum atomic E-state index is -0.308. The number of rotatable bonds is 4. The first-order valence-corrected chi connectivity index (χ1v) is 6.58.